The average molecular weight is 292 g/mol. The summed E-state index contributed by atoms with van der Waals surface area (Å²) in [6.07, 6.45) is 4.04. The van der Waals surface area contributed by atoms with Crippen LogP contribution in [0.4, 0.5) is 0 Å². The van der Waals surface area contributed by atoms with Crippen LogP contribution in [0, 0.1) is 0 Å². The van der Waals surface area contributed by atoms with Gasteiger partial charge in [0.15, 0.2) is 0 Å². The molecular weight excluding hydrogens is 272 g/mol. The van der Waals surface area contributed by atoms with E-state index in [1.54, 1.807) is 18.7 Å². The van der Waals surface area contributed by atoms with Gasteiger partial charge in [-0.05, 0) is 49.4 Å². The van der Waals surface area contributed by atoms with E-state index < -0.39 is 0 Å². The van der Waals surface area contributed by atoms with Gasteiger partial charge in [-0.3, -0.25) is 9.59 Å². The Hall–Kier alpha value is -1.29. The molecule has 0 aromatic heterocycles. The second-order valence-corrected chi connectivity index (χ2v) is 5.97. The first kappa shape index (κ1) is 15.1. The van der Waals surface area contributed by atoms with Gasteiger partial charge in [-0.15, -0.1) is 11.8 Å². The summed E-state index contributed by atoms with van der Waals surface area (Å²) in [6.45, 7) is 2.14. The number of rotatable bonds is 7. The summed E-state index contributed by atoms with van der Waals surface area (Å²) < 4.78 is 4.81. The lowest BCUT2D eigenvalue weighted by atomic mass is 10.1. The van der Waals surface area contributed by atoms with Crippen LogP contribution < -0.4 is 0 Å². The van der Waals surface area contributed by atoms with Crippen molar-refractivity contribution in [3.63, 3.8) is 0 Å². The molecule has 0 heterocycles. The first-order chi connectivity index (χ1) is 9.69. The second kappa shape index (κ2) is 7.48. The van der Waals surface area contributed by atoms with Crippen LogP contribution >= 0.6 is 11.8 Å². The van der Waals surface area contributed by atoms with Gasteiger partial charge >= 0.3 is 5.97 Å². The summed E-state index contributed by atoms with van der Waals surface area (Å²) in [5.41, 5.74) is 2.87. The van der Waals surface area contributed by atoms with Crippen molar-refractivity contribution in [2.45, 2.75) is 43.9 Å². The van der Waals surface area contributed by atoms with Gasteiger partial charge < -0.3 is 4.74 Å². The number of ether oxygens (including phenoxy) is 1. The topological polar surface area (TPSA) is 43.4 Å². The Bertz CT molecular complexity index is 496. The van der Waals surface area contributed by atoms with Crippen molar-refractivity contribution in [1.82, 2.24) is 0 Å². The molecule has 1 aromatic carbocycles. The molecule has 2 rings (SSSR count). The summed E-state index contributed by atoms with van der Waals surface area (Å²) >= 11 is 1.56. The van der Waals surface area contributed by atoms with Crippen molar-refractivity contribution in [2.75, 3.05) is 12.4 Å². The molecule has 0 spiro atoms. The molecule has 0 radical (unpaired) electrons. The molecule has 0 fully saturated rings. The van der Waals surface area contributed by atoms with Crippen molar-refractivity contribution in [3.8, 4) is 0 Å². The highest BCUT2D eigenvalue weighted by molar-refractivity contribution is 8.00. The van der Waals surface area contributed by atoms with Crippen LogP contribution in [0.2, 0.25) is 0 Å². The van der Waals surface area contributed by atoms with E-state index in [0.717, 1.165) is 11.3 Å². The largest absolute Gasteiger partial charge is 0.466 e. The molecule has 0 unspecified atom stereocenters. The fraction of sp³-hybridized carbons (Fsp3) is 0.500. The van der Waals surface area contributed by atoms with Crippen LogP contribution in [0.3, 0.4) is 0 Å². The summed E-state index contributed by atoms with van der Waals surface area (Å²) in [5, 5.41) is 0. The standard InChI is InChI=1S/C16H20O3S/c1-2-19-16(18)9-7-14(17)11-20-15-8-6-12-4-3-5-13(12)10-15/h6,8,10H,2-5,7,9,11H2,1H3. The van der Waals surface area contributed by atoms with Crippen molar-refractivity contribution >= 4 is 23.5 Å². The smallest absolute Gasteiger partial charge is 0.306 e. The van der Waals surface area contributed by atoms with Crippen LogP contribution in [0.15, 0.2) is 23.1 Å². The summed E-state index contributed by atoms with van der Waals surface area (Å²) in [5.74, 6) is 0.241. The van der Waals surface area contributed by atoms with Gasteiger partial charge in [-0.25, -0.2) is 0 Å². The quantitative estimate of drug-likeness (QED) is 0.572. The monoisotopic (exact) mass is 292 g/mol. The van der Waals surface area contributed by atoms with E-state index in [0.29, 0.717) is 12.4 Å². The molecule has 0 N–H and O–H groups in total. The fourth-order valence-electron chi connectivity index (χ4n) is 2.35. The summed E-state index contributed by atoms with van der Waals surface area (Å²) in [6, 6.07) is 6.47. The second-order valence-electron chi connectivity index (χ2n) is 4.92. The van der Waals surface area contributed by atoms with E-state index in [-0.39, 0.29) is 24.6 Å². The lowest BCUT2D eigenvalue weighted by Gasteiger charge is -2.05. The van der Waals surface area contributed by atoms with E-state index >= 15 is 0 Å². The molecule has 0 saturated heterocycles. The Morgan fingerprint density at radius 2 is 2.00 bits per heavy atom. The van der Waals surface area contributed by atoms with E-state index in [1.165, 1.54) is 24.0 Å². The molecular formula is C16H20O3S. The van der Waals surface area contributed by atoms with Crippen molar-refractivity contribution < 1.29 is 14.3 Å². The maximum Gasteiger partial charge on any atom is 0.306 e. The fourth-order valence-corrected chi connectivity index (χ4v) is 3.21. The normalized spacial score (nSPS) is 13.1. The maximum absolute atomic E-state index is 11.7. The number of carbonyl (C=O) groups excluding carboxylic acids is 2. The molecule has 0 aliphatic heterocycles. The van der Waals surface area contributed by atoms with Gasteiger partial charge in [0, 0.05) is 11.3 Å². The molecule has 108 valence electrons. The predicted octanol–water partition coefficient (Wildman–Crippen LogP) is 3.18. The van der Waals surface area contributed by atoms with Crippen LogP contribution in [0.5, 0.6) is 0 Å². The van der Waals surface area contributed by atoms with E-state index in [1.807, 2.05) is 0 Å². The Morgan fingerprint density at radius 3 is 2.80 bits per heavy atom. The highest BCUT2D eigenvalue weighted by Gasteiger charge is 2.12. The third-order valence-corrected chi connectivity index (χ3v) is 4.44. The molecule has 1 aliphatic rings. The average Bonchev–Trinajstić information content (AvgIpc) is 2.90. The van der Waals surface area contributed by atoms with Gasteiger partial charge in [0.25, 0.3) is 0 Å². The summed E-state index contributed by atoms with van der Waals surface area (Å²) in [7, 11) is 0. The van der Waals surface area contributed by atoms with Gasteiger partial charge in [0.05, 0.1) is 18.8 Å². The lowest BCUT2D eigenvalue weighted by Crippen LogP contribution is -2.09. The maximum atomic E-state index is 11.7. The number of hydrogen-bond donors (Lipinski definition) is 0. The van der Waals surface area contributed by atoms with Gasteiger partial charge in [0.2, 0.25) is 0 Å². The van der Waals surface area contributed by atoms with E-state index in [4.69, 9.17) is 4.74 Å². The molecule has 0 atom stereocenters. The molecule has 1 aromatic rings. The van der Waals surface area contributed by atoms with Gasteiger partial charge in [-0.1, -0.05) is 6.07 Å². The van der Waals surface area contributed by atoms with Crippen molar-refractivity contribution in [3.05, 3.63) is 29.3 Å². The van der Waals surface area contributed by atoms with Crippen molar-refractivity contribution in [2.24, 2.45) is 0 Å². The number of esters is 1. The van der Waals surface area contributed by atoms with Crippen LogP contribution in [0.25, 0.3) is 0 Å². The highest BCUT2D eigenvalue weighted by Crippen LogP contribution is 2.27. The van der Waals surface area contributed by atoms with Crippen molar-refractivity contribution in [1.29, 1.82) is 0 Å². The third-order valence-electron chi connectivity index (χ3n) is 3.38. The first-order valence-corrected chi connectivity index (χ1v) is 8.09. The van der Waals surface area contributed by atoms with Crippen LogP contribution in [-0.2, 0) is 27.2 Å². The number of Topliss-reactive ketones (excluding diaryl/α,β-unsaturated/α-hetero) is 1. The minimum atomic E-state index is -0.289. The minimum Gasteiger partial charge on any atom is -0.466 e. The number of carbonyl (C=O) groups is 2. The highest BCUT2D eigenvalue weighted by atomic mass is 32.2. The molecule has 0 saturated carbocycles. The van der Waals surface area contributed by atoms with E-state index in [2.05, 4.69) is 18.2 Å². The lowest BCUT2D eigenvalue weighted by molar-refractivity contribution is -0.144. The SMILES string of the molecule is CCOC(=O)CCC(=O)CSc1ccc2c(c1)CCC2. The molecule has 4 heteroatoms. The minimum absolute atomic E-state index is 0.101. The van der Waals surface area contributed by atoms with Gasteiger partial charge in [0.1, 0.15) is 5.78 Å². The number of fused-ring (bicyclic) bond motifs is 1. The molecule has 1 aliphatic carbocycles. The Morgan fingerprint density at radius 1 is 1.20 bits per heavy atom. The predicted molar refractivity (Wildman–Crippen MR) is 80.1 cm³/mol. The Labute approximate surface area is 124 Å². The molecule has 0 amide bonds. The number of hydrogen-bond acceptors (Lipinski definition) is 4. The molecule has 0 bridgehead atoms. The number of aryl methyl sites for hydroxylation is 2. The number of benzene rings is 1. The Kier molecular flexibility index (Phi) is 5.65. The first-order valence-electron chi connectivity index (χ1n) is 7.11. The van der Waals surface area contributed by atoms with Gasteiger partial charge in [-0.2, -0.15) is 0 Å². The van der Waals surface area contributed by atoms with Crippen LogP contribution in [0.1, 0.15) is 37.3 Å². The zero-order chi connectivity index (χ0) is 14.4. The zero-order valence-corrected chi connectivity index (χ0v) is 12.6. The molecule has 20 heavy (non-hydrogen) atoms. The number of thioether (sulfide) groups is 1. The third kappa shape index (κ3) is 4.37. The number of ketones is 1. The Balaban J connectivity index is 1.74. The molecule has 3 nitrogen and oxygen atoms in total. The van der Waals surface area contributed by atoms with E-state index in [9.17, 15) is 9.59 Å². The zero-order valence-electron chi connectivity index (χ0n) is 11.8. The van der Waals surface area contributed by atoms with Crippen LogP contribution in [-0.4, -0.2) is 24.1 Å². The summed E-state index contributed by atoms with van der Waals surface area (Å²) in [4.78, 5) is 24.0.